The lowest BCUT2D eigenvalue weighted by atomic mass is 9.96. The van der Waals surface area contributed by atoms with E-state index in [0.29, 0.717) is 16.1 Å². The zero-order valence-corrected chi connectivity index (χ0v) is 17.6. The molecule has 1 saturated heterocycles. The monoisotopic (exact) mass is 454 g/mol. The van der Waals surface area contributed by atoms with Gasteiger partial charge in [0.05, 0.1) is 10.6 Å². The molecular formula is C21H22ClF3N4O2. The number of rotatable bonds is 5. The Morgan fingerprint density at radius 3 is 2.68 bits per heavy atom. The minimum absolute atomic E-state index is 0.0318. The van der Waals surface area contributed by atoms with E-state index in [1.54, 1.807) is 19.9 Å². The molecule has 2 amide bonds. The third kappa shape index (κ3) is 5.74. The minimum Gasteiger partial charge on any atom is -0.352 e. The first-order valence-corrected chi connectivity index (χ1v) is 10.1. The van der Waals surface area contributed by atoms with Crippen LogP contribution >= 0.6 is 11.6 Å². The second-order valence-corrected chi connectivity index (χ2v) is 8.09. The van der Waals surface area contributed by atoms with Crippen molar-refractivity contribution in [2.75, 3.05) is 0 Å². The van der Waals surface area contributed by atoms with E-state index in [4.69, 9.17) is 11.6 Å². The molecule has 1 fully saturated rings. The second kappa shape index (κ2) is 9.23. The van der Waals surface area contributed by atoms with Crippen molar-refractivity contribution in [2.24, 2.45) is 5.92 Å². The van der Waals surface area contributed by atoms with Gasteiger partial charge in [-0.15, -0.1) is 0 Å². The van der Waals surface area contributed by atoms with E-state index in [2.05, 4.69) is 20.9 Å². The summed E-state index contributed by atoms with van der Waals surface area (Å²) in [6, 6.07) is 4.68. The normalized spacial score (nSPS) is 19.3. The molecule has 1 aliphatic heterocycles. The average Bonchev–Trinajstić information content (AvgIpc) is 2.70. The summed E-state index contributed by atoms with van der Waals surface area (Å²) in [5.74, 6) is -0.861. The maximum Gasteiger partial charge on any atom is 0.416 e. The second-order valence-electron chi connectivity index (χ2n) is 7.65. The Balaban J connectivity index is 1.93. The van der Waals surface area contributed by atoms with Crippen LogP contribution in [0.3, 0.4) is 0 Å². The standard InChI is InChI=1S/C21H22ClF3N4O2/c1-11(2)20(31)27-8-12-3-4-16(21(23,24)25)15(5-12)19-28-17(7-18(30)29-19)13-6-14(22)10-26-9-13/h3-6,9-11,17,19,28H,7-8H2,1-2H3,(H,27,31)(H,29,30). The third-order valence-corrected chi connectivity index (χ3v) is 5.12. The van der Waals surface area contributed by atoms with Gasteiger partial charge in [-0.1, -0.05) is 31.5 Å². The lowest BCUT2D eigenvalue weighted by Crippen LogP contribution is -2.47. The fourth-order valence-electron chi connectivity index (χ4n) is 3.32. The maximum atomic E-state index is 13.7. The molecule has 2 unspecified atom stereocenters. The number of alkyl halides is 3. The van der Waals surface area contributed by atoms with Crippen molar-refractivity contribution in [3.63, 3.8) is 0 Å². The van der Waals surface area contributed by atoms with Crippen LogP contribution in [0.15, 0.2) is 36.7 Å². The number of aromatic nitrogens is 1. The largest absolute Gasteiger partial charge is 0.416 e. The number of nitrogens with zero attached hydrogens (tertiary/aromatic N) is 1. The summed E-state index contributed by atoms with van der Waals surface area (Å²) in [5, 5.41) is 8.67. The van der Waals surface area contributed by atoms with Crippen molar-refractivity contribution < 1.29 is 22.8 Å². The summed E-state index contributed by atoms with van der Waals surface area (Å²) in [6.07, 6.45) is -2.72. The molecule has 2 atom stereocenters. The minimum atomic E-state index is -4.62. The maximum absolute atomic E-state index is 13.7. The van der Waals surface area contributed by atoms with Crippen LogP contribution < -0.4 is 16.0 Å². The molecule has 166 valence electrons. The highest BCUT2D eigenvalue weighted by atomic mass is 35.5. The van der Waals surface area contributed by atoms with E-state index >= 15 is 0 Å². The molecule has 0 saturated carbocycles. The quantitative estimate of drug-likeness (QED) is 0.640. The molecule has 1 aromatic carbocycles. The molecule has 2 heterocycles. The fraction of sp³-hybridized carbons (Fsp3) is 0.381. The summed E-state index contributed by atoms with van der Waals surface area (Å²) in [7, 11) is 0. The van der Waals surface area contributed by atoms with Gasteiger partial charge in [0.15, 0.2) is 0 Å². The molecule has 0 radical (unpaired) electrons. The van der Waals surface area contributed by atoms with E-state index in [-0.39, 0.29) is 30.4 Å². The lowest BCUT2D eigenvalue weighted by molar-refractivity contribution is -0.139. The van der Waals surface area contributed by atoms with Gasteiger partial charge < -0.3 is 10.6 Å². The van der Waals surface area contributed by atoms with Gasteiger partial charge in [0.25, 0.3) is 0 Å². The third-order valence-electron chi connectivity index (χ3n) is 4.91. The fourth-order valence-corrected chi connectivity index (χ4v) is 3.50. The Kier molecular flexibility index (Phi) is 6.86. The number of hydrogen-bond acceptors (Lipinski definition) is 4. The zero-order chi connectivity index (χ0) is 22.8. The summed E-state index contributed by atoms with van der Waals surface area (Å²) < 4.78 is 41.1. The van der Waals surface area contributed by atoms with Crippen molar-refractivity contribution in [1.82, 2.24) is 20.9 Å². The highest BCUT2D eigenvalue weighted by Gasteiger charge is 2.38. The van der Waals surface area contributed by atoms with Crippen molar-refractivity contribution in [3.05, 3.63) is 63.9 Å². The van der Waals surface area contributed by atoms with E-state index in [1.165, 1.54) is 24.5 Å². The van der Waals surface area contributed by atoms with Gasteiger partial charge in [-0.05, 0) is 29.3 Å². The number of halogens is 4. The molecule has 6 nitrogen and oxygen atoms in total. The van der Waals surface area contributed by atoms with Gasteiger partial charge in [-0.25, -0.2) is 0 Å². The molecular weight excluding hydrogens is 433 g/mol. The van der Waals surface area contributed by atoms with Crippen molar-refractivity contribution in [3.8, 4) is 0 Å². The Morgan fingerprint density at radius 1 is 1.29 bits per heavy atom. The van der Waals surface area contributed by atoms with Gasteiger partial charge >= 0.3 is 6.18 Å². The molecule has 1 aromatic heterocycles. The summed E-state index contributed by atoms with van der Waals surface area (Å²) in [4.78, 5) is 28.1. The molecule has 0 bridgehead atoms. The lowest BCUT2D eigenvalue weighted by Gasteiger charge is -2.33. The topological polar surface area (TPSA) is 83.1 Å². The summed E-state index contributed by atoms with van der Waals surface area (Å²) in [6.45, 7) is 3.52. The summed E-state index contributed by atoms with van der Waals surface area (Å²) >= 11 is 5.97. The van der Waals surface area contributed by atoms with Gasteiger partial charge in [-0.3, -0.25) is 19.9 Å². The molecule has 3 N–H and O–H groups in total. The van der Waals surface area contributed by atoms with E-state index in [1.807, 2.05) is 0 Å². The van der Waals surface area contributed by atoms with Gasteiger partial charge in [-0.2, -0.15) is 13.2 Å². The molecule has 10 heteroatoms. The van der Waals surface area contributed by atoms with Gasteiger partial charge in [0, 0.05) is 42.9 Å². The first kappa shape index (κ1) is 23.0. The molecule has 1 aliphatic rings. The number of pyridine rings is 1. The van der Waals surface area contributed by atoms with Crippen LogP contribution in [0.2, 0.25) is 5.02 Å². The number of carbonyl (C=O) groups is 2. The van der Waals surface area contributed by atoms with Crippen molar-refractivity contribution in [1.29, 1.82) is 0 Å². The predicted octanol–water partition coefficient (Wildman–Crippen LogP) is 3.88. The highest BCUT2D eigenvalue weighted by molar-refractivity contribution is 6.30. The first-order chi connectivity index (χ1) is 14.5. The Labute approximate surface area is 182 Å². The first-order valence-electron chi connectivity index (χ1n) is 9.68. The molecule has 0 spiro atoms. The average molecular weight is 455 g/mol. The van der Waals surface area contributed by atoms with Crippen LogP contribution in [-0.2, 0) is 22.3 Å². The van der Waals surface area contributed by atoms with Crippen LogP contribution in [-0.4, -0.2) is 16.8 Å². The number of hydrogen-bond donors (Lipinski definition) is 3. The van der Waals surface area contributed by atoms with Crippen molar-refractivity contribution in [2.45, 2.75) is 45.2 Å². The number of benzene rings is 1. The van der Waals surface area contributed by atoms with Gasteiger partial charge in [0.2, 0.25) is 11.8 Å². The van der Waals surface area contributed by atoms with E-state index < -0.39 is 29.9 Å². The van der Waals surface area contributed by atoms with Crippen LogP contribution in [0.1, 0.15) is 54.7 Å². The Bertz CT molecular complexity index is 981. The zero-order valence-electron chi connectivity index (χ0n) is 16.9. The van der Waals surface area contributed by atoms with Crippen LogP contribution in [0, 0.1) is 5.92 Å². The summed E-state index contributed by atoms with van der Waals surface area (Å²) in [5.41, 5.74) is 0.0896. The van der Waals surface area contributed by atoms with E-state index in [9.17, 15) is 22.8 Å². The van der Waals surface area contributed by atoms with Crippen molar-refractivity contribution >= 4 is 23.4 Å². The Morgan fingerprint density at radius 2 is 2.03 bits per heavy atom. The number of carbonyl (C=O) groups excluding carboxylic acids is 2. The highest BCUT2D eigenvalue weighted by Crippen LogP contribution is 2.36. The number of amides is 2. The smallest absolute Gasteiger partial charge is 0.352 e. The van der Waals surface area contributed by atoms with Gasteiger partial charge in [0.1, 0.15) is 6.17 Å². The predicted molar refractivity (Wildman–Crippen MR) is 109 cm³/mol. The number of nitrogens with one attached hydrogen (secondary N) is 3. The molecule has 2 aromatic rings. The Hall–Kier alpha value is -2.65. The van der Waals surface area contributed by atoms with Crippen LogP contribution in [0.25, 0.3) is 0 Å². The van der Waals surface area contributed by atoms with Crippen LogP contribution in [0.4, 0.5) is 13.2 Å². The SMILES string of the molecule is CC(C)C(=O)NCc1ccc(C(F)(F)F)c(C2NC(=O)CC(c3cncc(Cl)c3)N2)c1. The molecule has 3 rings (SSSR count). The van der Waals surface area contributed by atoms with E-state index in [0.717, 1.165) is 6.07 Å². The van der Waals surface area contributed by atoms with Crippen LogP contribution in [0.5, 0.6) is 0 Å². The molecule has 0 aliphatic carbocycles. The molecule has 31 heavy (non-hydrogen) atoms.